The van der Waals surface area contributed by atoms with Gasteiger partial charge in [-0.1, -0.05) is 23.7 Å². The third-order valence-electron chi connectivity index (χ3n) is 5.00. The number of hydrogen-bond acceptors (Lipinski definition) is 5. The van der Waals surface area contributed by atoms with Gasteiger partial charge in [-0.2, -0.15) is 4.31 Å². The van der Waals surface area contributed by atoms with E-state index in [9.17, 15) is 8.42 Å². The number of rotatable bonds is 3. The number of halogens is 1. The summed E-state index contributed by atoms with van der Waals surface area (Å²) in [5, 5.41) is 1.65. The lowest BCUT2D eigenvalue weighted by atomic mass is 10.2. The predicted molar refractivity (Wildman–Crippen MR) is 96.3 cm³/mol. The van der Waals surface area contributed by atoms with Gasteiger partial charge in [-0.15, -0.1) is 0 Å². The summed E-state index contributed by atoms with van der Waals surface area (Å²) in [4.78, 5) is 6.64. The SMILES string of the molecule is O=S(=O)(c1cccc2cncc(Cl)c12)N1CC[C@@H](N2CCOCC2)C1. The van der Waals surface area contributed by atoms with Crippen molar-refractivity contribution in [2.45, 2.75) is 17.4 Å². The molecule has 134 valence electrons. The maximum absolute atomic E-state index is 13.2. The van der Waals surface area contributed by atoms with Crippen LogP contribution in [0.1, 0.15) is 6.42 Å². The standard InChI is InChI=1S/C17H20ClN3O3S/c18-15-11-19-10-13-2-1-3-16(17(13)15)25(22,23)21-5-4-14(12-21)20-6-8-24-9-7-20/h1-3,10-11,14H,4-9,12H2/t14-/m1/s1. The van der Waals surface area contributed by atoms with Crippen LogP contribution in [0.5, 0.6) is 0 Å². The van der Waals surface area contributed by atoms with E-state index in [0.29, 0.717) is 23.5 Å². The lowest BCUT2D eigenvalue weighted by Gasteiger charge is -2.32. The van der Waals surface area contributed by atoms with Gasteiger partial charge in [0.05, 0.1) is 23.1 Å². The number of hydrogen-bond donors (Lipinski definition) is 0. The number of fused-ring (bicyclic) bond motifs is 1. The molecule has 2 fully saturated rings. The Balaban J connectivity index is 1.65. The summed E-state index contributed by atoms with van der Waals surface area (Å²) in [7, 11) is -3.60. The zero-order valence-corrected chi connectivity index (χ0v) is 15.3. The number of sulfonamides is 1. The molecule has 4 rings (SSSR count). The van der Waals surface area contributed by atoms with Crippen LogP contribution in [-0.4, -0.2) is 68.0 Å². The molecule has 0 saturated carbocycles. The Labute approximate surface area is 152 Å². The zero-order valence-electron chi connectivity index (χ0n) is 13.8. The minimum atomic E-state index is -3.60. The van der Waals surface area contributed by atoms with Gasteiger partial charge >= 0.3 is 0 Å². The molecule has 2 saturated heterocycles. The highest BCUT2D eigenvalue weighted by Crippen LogP contribution is 2.32. The third-order valence-corrected chi connectivity index (χ3v) is 7.20. The summed E-state index contributed by atoms with van der Waals surface area (Å²) >= 11 is 6.26. The van der Waals surface area contributed by atoms with Gasteiger partial charge in [-0.05, 0) is 12.5 Å². The second-order valence-corrected chi connectivity index (χ2v) is 8.74. The molecule has 1 aromatic heterocycles. The van der Waals surface area contributed by atoms with Crippen LogP contribution in [0.4, 0.5) is 0 Å². The van der Waals surface area contributed by atoms with E-state index >= 15 is 0 Å². The Bertz CT molecular complexity index is 879. The molecule has 3 heterocycles. The number of aromatic nitrogens is 1. The molecule has 0 bridgehead atoms. The monoisotopic (exact) mass is 381 g/mol. The van der Waals surface area contributed by atoms with Crippen molar-refractivity contribution in [3.63, 3.8) is 0 Å². The molecule has 0 amide bonds. The first-order valence-electron chi connectivity index (χ1n) is 8.41. The molecule has 2 aliphatic rings. The van der Waals surface area contributed by atoms with E-state index in [1.807, 2.05) is 6.07 Å². The molecular formula is C17H20ClN3O3S. The molecule has 1 atom stereocenters. The van der Waals surface area contributed by atoms with Gasteiger partial charge in [0.25, 0.3) is 0 Å². The minimum Gasteiger partial charge on any atom is -0.379 e. The second-order valence-electron chi connectivity index (χ2n) is 6.43. The van der Waals surface area contributed by atoms with E-state index in [0.717, 1.165) is 38.1 Å². The molecule has 6 nitrogen and oxygen atoms in total. The van der Waals surface area contributed by atoms with Gasteiger partial charge < -0.3 is 4.74 Å². The quantitative estimate of drug-likeness (QED) is 0.813. The molecule has 1 aromatic carbocycles. The fourth-order valence-electron chi connectivity index (χ4n) is 3.68. The molecule has 8 heteroatoms. The zero-order chi connectivity index (χ0) is 17.4. The molecule has 0 unspecified atom stereocenters. The largest absolute Gasteiger partial charge is 0.379 e. The summed E-state index contributed by atoms with van der Waals surface area (Å²) in [5.41, 5.74) is 0. The van der Waals surface area contributed by atoms with E-state index in [2.05, 4.69) is 9.88 Å². The van der Waals surface area contributed by atoms with Crippen LogP contribution in [0, 0.1) is 0 Å². The van der Waals surface area contributed by atoms with Crippen LogP contribution in [0.3, 0.4) is 0 Å². The number of nitrogens with zero attached hydrogens (tertiary/aromatic N) is 3. The molecule has 2 aliphatic heterocycles. The van der Waals surface area contributed by atoms with Crippen molar-refractivity contribution in [2.24, 2.45) is 0 Å². The van der Waals surface area contributed by atoms with E-state index in [4.69, 9.17) is 16.3 Å². The summed E-state index contributed by atoms with van der Waals surface area (Å²) in [6.07, 6.45) is 3.98. The van der Waals surface area contributed by atoms with Gasteiger partial charge in [-0.3, -0.25) is 9.88 Å². The topological polar surface area (TPSA) is 62.7 Å². The van der Waals surface area contributed by atoms with Crippen molar-refractivity contribution in [1.29, 1.82) is 0 Å². The van der Waals surface area contributed by atoms with Crippen LogP contribution in [0.2, 0.25) is 5.02 Å². The summed E-state index contributed by atoms with van der Waals surface area (Å²) in [6.45, 7) is 4.21. The molecular weight excluding hydrogens is 362 g/mol. The van der Waals surface area contributed by atoms with E-state index < -0.39 is 10.0 Å². The average molecular weight is 382 g/mol. The highest BCUT2D eigenvalue weighted by Gasteiger charge is 2.36. The number of ether oxygens (including phenoxy) is 1. The van der Waals surface area contributed by atoms with Gasteiger partial charge in [0.2, 0.25) is 10.0 Å². The van der Waals surface area contributed by atoms with Crippen LogP contribution < -0.4 is 0 Å². The molecule has 0 aliphatic carbocycles. The number of benzene rings is 1. The predicted octanol–water partition coefficient (Wildman–Crippen LogP) is 1.98. The lowest BCUT2D eigenvalue weighted by molar-refractivity contribution is 0.0197. The first-order chi connectivity index (χ1) is 12.1. The van der Waals surface area contributed by atoms with Crippen molar-refractivity contribution in [1.82, 2.24) is 14.2 Å². The Morgan fingerprint density at radius 1 is 1.16 bits per heavy atom. The first-order valence-corrected chi connectivity index (χ1v) is 10.2. The molecule has 0 radical (unpaired) electrons. The van der Waals surface area contributed by atoms with Crippen molar-refractivity contribution in [2.75, 3.05) is 39.4 Å². The van der Waals surface area contributed by atoms with Gasteiger partial charge in [0.15, 0.2) is 0 Å². The fourth-order valence-corrected chi connectivity index (χ4v) is 5.73. The van der Waals surface area contributed by atoms with Crippen molar-refractivity contribution >= 4 is 32.4 Å². The maximum atomic E-state index is 13.2. The highest BCUT2D eigenvalue weighted by atomic mass is 35.5. The Kier molecular flexibility index (Phi) is 4.68. The smallest absolute Gasteiger partial charge is 0.243 e. The van der Waals surface area contributed by atoms with Crippen molar-refractivity contribution in [3.8, 4) is 0 Å². The second kappa shape index (κ2) is 6.81. The van der Waals surface area contributed by atoms with Crippen LogP contribution in [0.25, 0.3) is 10.8 Å². The first kappa shape index (κ1) is 17.2. The highest BCUT2D eigenvalue weighted by molar-refractivity contribution is 7.89. The van der Waals surface area contributed by atoms with Crippen LogP contribution >= 0.6 is 11.6 Å². The van der Waals surface area contributed by atoms with Gasteiger partial charge in [0, 0.05) is 55.4 Å². The van der Waals surface area contributed by atoms with Crippen LogP contribution in [-0.2, 0) is 14.8 Å². The Morgan fingerprint density at radius 2 is 1.96 bits per heavy atom. The normalized spacial score (nSPS) is 23.3. The molecule has 2 aromatic rings. The van der Waals surface area contributed by atoms with E-state index in [-0.39, 0.29) is 10.9 Å². The summed E-state index contributed by atoms with van der Waals surface area (Å²) in [6, 6.07) is 5.45. The average Bonchev–Trinajstić information content (AvgIpc) is 3.13. The summed E-state index contributed by atoms with van der Waals surface area (Å²) in [5.74, 6) is 0. The number of morpholine rings is 1. The molecule has 0 spiro atoms. The fraction of sp³-hybridized carbons (Fsp3) is 0.471. The van der Waals surface area contributed by atoms with Crippen LogP contribution in [0.15, 0.2) is 35.5 Å². The summed E-state index contributed by atoms with van der Waals surface area (Å²) < 4.78 is 33.4. The Morgan fingerprint density at radius 3 is 2.76 bits per heavy atom. The third kappa shape index (κ3) is 3.15. The van der Waals surface area contributed by atoms with Gasteiger partial charge in [-0.25, -0.2) is 8.42 Å². The van der Waals surface area contributed by atoms with Crippen molar-refractivity contribution < 1.29 is 13.2 Å². The number of pyridine rings is 1. The lowest BCUT2D eigenvalue weighted by Crippen LogP contribution is -2.45. The Hall–Kier alpha value is -1.25. The molecule has 0 N–H and O–H groups in total. The van der Waals surface area contributed by atoms with Crippen molar-refractivity contribution in [3.05, 3.63) is 35.6 Å². The maximum Gasteiger partial charge on any atom is 0.243 e. The molecule has 25 heavy (non-hydrogen) atoms. The van der Waals surface area contributed by atoms with Gasteiger partial charge in [0.1, 0.15) is 0 Å². The van der Waals surface area contributed by atoms with E-state index in [1.54, 1.807) is 22.6 Å². The minimum absolute atomic E-state index is 0.255. The van der Waals surface area contributed by atoms with E-state index in [1.165, 1.54) is 6.20 Å².